The molecule has 3 nitrogen and oxygen atoms in total. The molecule has 2 atom stereocenters. The van der Waals surface area contributed by atoms with E-state index in [1.54, 1.807) is 17.5 Å². The largest absolute Gasteiger partial charge is 0.306 e. The van der Waals surface area contributed by atoms with Gasteiger partial charge in [-0.3, -0.25) is 4.90 Å². The van der Waals surface area contributed by atoms with Gasteiger partial charge in [0, 0.05) is 25.2 Å². The van der Waals surface area contributed by atoms with E-state index in [4.69, 9.17) is 11.6 Å². The average Bonchev–Trinajstić information content (AvgIpc) is 2.93. The predicted molar refractivity (Wildman–Crippen MR) is 71.6 cm³/mol. The lowest BCUT2D eigenvalue weighted by Crippen LogP contribution is -2.44. The third-order valence-corrected chi connectivity index (χ3v) is 5.01. The number of halogens is 1. The van der Waals surface area contributed by atoms with Gasteiger partial charge in [-0.1, -0.05) is 18.0 Å². The van der Waals surface area contributed by atoms with E-state index in [0.717, 1.165) is 21.9 Å². The molecule has 2 aliphatic heterocycles. The highest BCUT2D eigenvalue weighted by atomic mass is 35.5. The van der Waals surface area contributed by atoms with E-state index in [1.165, 1.54) is 38.8 Å². The highest BCUT2D eigenvalue weighted by molar-refractivity contribution is 7.15. The van der Waals surface area contributed by atoms with Crippen LogP contribution in [0.2, 0.25) is 4.34 Å². The Hall–Kier alpha value is -0.160. The molecular formula is C12H18ClN3S. The number of rotatable bonds is 3. The Morgan fingerprint density at radius 3 is 3.18 bits per heavy atom. The van der Waals surface area contributed by atoms with Crippen LogP contribution in [0, 0.1) is 0 Å². The second-order valence-electron chi connectivity index (χ2n) is 4.93. The van der Waals surface area contributed by atoms with Crippen molar-refractivity contribution in [3.05, 3.63) is 15.5 Å². The van der Waals surface area contributed by atoms with Crippen LogP contribution < -0.4 is 5.32 Å². The zero-order chi connectivity index (χ0) is 11.7. The van der Waals surface area contributed by atoms with Gasteiger partial charge in [0.05, 0.1) is 6.20 Å². The lowest BCUT2D eigenvalue weighted by atomic mass is 9.99. The number of nitrogens with zero attached hydrogens (tertiary/aromatic N) is 2. The molecule has 3 rings (SSSR count). The van der Waals surface area contributed by atoms with Gasteiger partial charge >= 0.3 is 0 Å². The summed E-state index contributed by atoms with van der Waals surface area (Å²) in [5, 5.41) is 4.76. The molecule has 0 aliphatic carbocycles. The number of thiazole rings is 1. The van der Waals surface area contributed by atoms with Gasteiger partial charge in [-0.25, -0.2) is 4.98 Å². The normalized spacial score (nSPS) is 29.5. The van der Waals surface area contributed by atoms with Gasteiger partial charge < -0.3 is 5.32 Å². The first kappa shape index (κ1) is 11.9. The predicted octanol–water partition coefficient (Wildman–Crippen LogP) is 2.51. The summed E-state index contributed by atoms with van der Waals surface area (Å²) in [5.41, 5.74) is 0. The van der Waals surface area contributed by atoms with Crippen LogP contribution in [0.15, 0.2) is 6.20 Å². The summed E-state index contributed by atoms with van der Waals surface area (Å²) >= 11 is 7.47. The fourth-order valence-corrected chi connectivity index (χ4v) is 3.98. The van der Waals surface area contributed by atoms with Gasteiger partial charge in [-0.15, -0.1) is 11.3 Å². The maximum absolute atomic E-state index is 5.89. The molecule has 2 unspecified atom stereocenters. The van der Waals surface area contributed by atoms with E-state index in [0.29, 0.717) is 6.04 Å². The monoisotopic (exact) mass is 271 g/mol. The van der Waals surface area contributed by atoms with E-state index in [2.05, 4.69) is 15.2 Å². The molecule has 0 spiro atoms. The van der Waals surface area contributed by atoms with Crippen LogP contribution in [0.25, 0.3) is 0 Å². The van der Waals surface area contributed by atoms with E-state index in [-0.39, 0.29) is 0 Å². The highest BCUT2D eigenvalue weighted by Crippen LogP contribution is 2.27. The van der Waals surface area contributed by atoms with Crippen molar-refractivity contribution in [1.29, 1.82) is 0 Å². The lowest BCUT2D eigenvalue weighted by molar-refractivity contribution is 0.180. The molecule has 3 heterocycles. The third kappa shape index (κ3) is 2.65. The van der Waals surface area contributed by atoms with Crippen LogP contribution in [-0.2, 0) is 6.54 Å². The summed E-state index contributed by atoms with van der Waals surface area (Å²) < 4.78 is 0.785. The minimum absolute atomic E-state index is 0.651. The molecule has 0 saturated carbocycles. The average molecular weight is 272 g/mol. The molecule has 2 aliphatic rings. The number of fused-ring (bicyclic) bond motifs is 1. The Balaban J connectivity index is 1.55. The molecule has 94 valence electrons. The molecule has 0 amide bonds. The number of piperidine rings is 1. The first-order valence-electron chi connectivity index (χ1n) is 6.40. The molecule has 1 N–H and O–H groups in total. The first-order valence-corrected chi connectivity index (χ1v) is 7.60. The van der Waals surface area contributed by atoms with Crippen molar-refractivity contribution < 1.29 is 0 Å². The van der Waals surface area contributed by atoms with Crippen molar-refractivity contribution in [2.24, 2.45) is 0 Å². The van der Waals surface area contributed by atoms with Crippen LogP contribution in [0.4, 0.5) is 0 Å². The summed E-state index contributed by atoms with van der Waals surface area (Å²) in [7, 11) is 0. The van der Waals surface area contributed by atoms with Crippen LogP contribution in [0.1, 0.15) is 30.7 Å². The maximum atomic E-state index is 5.89. The highest BCUT2D eigenvalue weighted by Gasteiger charge is 2.34. The molecule has 17 heavy (non-hydrogen) atoms. The minimum atomic E-state index is 0.651. The smallest absolute Gasteiger partial charge is 0.113 e. The van der Waals surface area contributed by atoms with Crippen molar-refractivity contribution in [3.63, 3.8) is 0 Å². The van der Waals surface area contributed by atoms with Gasteiger partial charge in [0.25, 0.3) is 0 Å². The number of aromatic nitrogens is 1. The number of hydrogen-bond donors (Lipinski definition) is 1. The summed E-state index contributed by atoms with van der Waals surface area (Å²) in [6.45, 7) is 3.43. The summed E-state index contributed by atoms with van der Waals surface area (Å²) in [4.78, 5) is 6.94. The topological polar surface area (TPSA) is 28.2 Å². The molecule has 5 heteroatoms. The molecule has 0 aromatic carbocycles. The molecular weight excluding hydrogens is 254 g/mol. The standard InChI is InChI=1S/C12H18ClN3S/c13-11-7-15-12(17-11)8-14-9-4-6-16-5-2-1-3-10(9)16/h7,9-10,14H,1-6,8H2. The quantitative estimate of drug-likeness (QED) is 0.916. The van der Waals surface area contributed by atoms with E-state index in [9.17, 15) is 0 Å². The van der Waals surface area contributed by atoms with Crippen LogP contribution in [0.5, 0.6) is 0 Å². The van der Waals surface area contributed by atoms with Gasteiger partial charge in [0.15, 0.2) is 0 Å². The van der Waals surface area contributed by atoms with E-state index >= 15 is 0 Å². The SMILES string of the molecule is Clc1cnc(CNC2CCN3CCCCC23)s1. The van der Waals surface area contributed by atoms with Crippen LogP contribution >= 0.6 is 22.9 Å². The van der Waals surface area contributed by atoms with Crippen molar-refractivity contribution in [3.8, 4) is 0 Å². The maximum Gasteiger partial charge on any atom is 0.113 e. The number of nitrogens with one attached hydrogen (secondary N) is 1. The molecule has 0 bridgehead atoms. The Morgan fingerprint density at radius 2 is 2.35 bits per heavy atom. The zero-order valence-electron chi connectivity index (χ0n) is 9.86. The zero-order valence-corrected chi connectivity index (χ0v) is 11.4. The Bertz CT molecular complexity index is 382. The van der Waals surface area contributed by atoms with Gasteiger partial charge in [0.2, 0.25) is 0 Å². The molecule has 1 aromatic rings. The fraction of sp³-hybridized carbons (Fsp3) is 0.750. The Morgan fingerprint density at radius 1 is 1.41 bits per heavy atom. The molecule has 2 saturated heterocycles. The lowest BCUT2D eigenvalue weighted by Gasteiger charge is -2.32. The molecule has 1 aromatic heterocycles. The molecule has 0 radical (unpaired) electrons. The second kappa shape index (κ2) is 5.22. The number of hydrogen-bond acceptors (Lipinski definition) is 4. The summed E-state index contributed by atoms with van der Waals surface area (Å²) in [5.74, 6) is 0. The van der Waals surface area contributed by atoms with Gasteiger partial charge in [-0.05, 0) is 25.8 Å². The summed E-state index contributed by atoms with van der Waals surface area (Å²) in [6.07, 6.45) is 7.15. The van der Waals surface area contributed by atoms with Crippen molar-refractivity contribution in [2.75, 3.05) is 13.1 Å². The Kier molecular flexibility index (Phi) is 3.66. The van der Waals surface area contributed by atoms with Gasteiger partial charge in [0.1, 0.15) is 9.34 Å². The van der Waals surface area contributed by atoms with E-state index < -0.39 is 0 Å². The van der Waals surface area contributed by atoms with Crippen LogP contribution in [-0.4, -0.2) is 35.1 Å². The minimum Gasteiger partial charge on any atom is -0.306 e. The summed E-state index contributed by atoms with van der Waals surface area (Å²) in [6, 6.07) is 1.41. The van der Waals surface area contributed by atoms with Crippen LogP contribution in [0.3, 0.4) is 0 Å². The fourth-order valence-electron chi connectivity index (χ4n) is 3.07. The van der Waals surface area contributed by atoms with E-state index in [1.807, 2.05) is 0 Å². The first-order chi connectivity index (χ1) is 8.33. The van der Waals surface area contributed by atoms with Crippen molar-refractivity contribution >= 4 is 22.9 Å². The van der Waals surface area contributed by atoms with Crippen molar-refractivity contribution in [2.45, 2.75) is 44.3 Å². The van der Waals surface area contributed by atoms with Gasteiger partial charge in [-0.2, -0.15) is 0 Å². The molecule has 2 fully saturated rings. The third-order valence-electron chi connectivity index (χ3n) is 3.90. The van der Waals surface area contributed by atoms with Crippen molar-refractivity contribution in [1.82, 2.24) is 15.2 Å². The Labute approximate surface area is 111 Å². The second-order valence-corrected chi connectivity index (χ2v) is 6.68.